The Bertz CT molecular complexity index is 588. The number of carbonyl (C=O) groups is 1. The molecule has 2 nitrogen and oxygen atoms in total. The van der Waals surface area contributed by atoms with Gasteiger partial charge in [0.25, 0.3) is 0 Å². The molecule has 0 saturated heterocycles. The van der Waals surface area contributed by atoms with E-state index >= 15 is 0 Å². The maximum atomic E-state index is 12.0. The molecular formula is C18H21NO. The van der Waals surface area contributed by atoms with Crippen LogP contribution < -0.4 is 5.32 Å². The second-order valence-electron chi connectivity index (χ2n) is 5.37. The molecule has 0 atom stereocenters. The molecule has 0 heterocycles. The van der Waals surface area contributed by atoms with Crippen molar-refractivity contribution in [1.82, 2.24) is 5.32 Å². The average molecular weight is 267 g/mol. The lowest BCUT2D eigenvalue weighted by molar-refractivity contribution is -0.120. The maximum absolute atomic E-state index is 12.0. The second-order valence-corrected chi connectivity index (χ2v) is 5.37. The van der Waals surface area contributed by atoms with Gasteiger partial charge in [0.05, 0.1) is 6.42 Å². The molecule has 0 spiro atoms. The summed E-state index contributed by atoms with van der Waals surface area (Å²) < 4.78 is 0. The zero-order valence-corrected chi connectivity index (χ0v) is 12.3. The summed E-state index contributed by atoms with van der Waals surface area (Å²) in [7, 11) is 0. The Balaban J connectivity index is 2.35. The quantitative estimate of drug-likeness (QED) is 0.898. The maximum Gasteiger partial charge on any atom is 0.224 e. The number of benzene rings is 2. The molecule has 0 aliphatic carbocycles. The fourth-order valence-electron chi connectivity index (χ4n) is 2.36. The van der Waals surface area contributed by atoms with Crippen LogP contribution in [0.2, 0.25) is 0 Å². The molecule has 0 bridgehead atoms. The smallest absolute Gasteiger partial charge is 0.224 e. The highest BCUT2D eigenvalue weighted by Gasteiger charge is 2.12. The first-order chi connectivity index (χ1) is 9.58. The molecule has 20 heavy (non-hydrogen) atoms. The van der Waals surface area contributed by atoms with Crippen LogP contribution in [-0.4, -0.2) is 11.9 Å². The van der Waals surface area contributed by atoms with Crippen LogP contribution in [0.3, 0.4) is 0 Å². The summed E-state index contributed by atoms with van der Waals surface area (Å²) >= 11 is 0. The van der Waals surface area contributed by atoms with Crippen LogP contribution in [0.4, 0.5) is 0 Å². The van der Waals surface area contributed by atoms with Crippen molar-refractivity contribution in [1.29, 1.82) is 0 Å². The van der Waals surface area contributed by atoms with E-state index in [1.165, 1.54) is 0 Å². The number of hydrogen-bond acceptors (Lipinski definition) is 1. The third-order valence-corrected chi connectivity index (χ3v) is 3.28. The minimum Gasteiger partial charge on any atom is -0.354 e. The molecule has 2 heteroatoms. The minimum atomic E-state index is 0.0754. The molecule has 104 valence electrons. The van der Waals surface area contributed by atoms with Gasteiger partial charge < -0.3 is 5.32 Å². The first-order valence-electron chi connectivity index (χ1n) is 7.01. The van der Waals surface area contributed by atoms with Crippen LogP contribution in [0, 0.1) is 6.92 Å². The third-order valence-electron chi connectivity index (χ3n) is 3.28. The largest absolute Gasteiger partial charge is 0.354 e. The molecule has 0 radical (unpaired) electrons. The molecule has 0 fully saturated rings. The standard InChI is InChI=1S/C18H21NO/c1-13(2)19-18(20)12-17-14(3)8-7-11-16(17)15-9-5-4-6-10-15/h4-11,13H,12H2,1-3H3,(H,19,20). The lowest BCUT2D eigenvalue weighted by Crippen LogP contribution is -2.31. The van der Waals surface area contributed by atoms with E-state index in [0.29, 0.717) is 6.42 Å². The van der Waals surface area contributed by atoms with E-state index in [4.69, 9.17) is 0 Å². The number of nitrogens with one attached hydrogen (secondary N) is 1. The molecule has 2 rings (SSSR count). The van der Waals surface area contributed by atoms with Gasteiger partial charge in [0.15, 0.2) is 0 Å². The fraction of sp³-hybridized carbons (Fsp3) is 0.278. The lowest BCUT2D eigenvalue weighted by atomic mass is 9.93. The number of aryl methyl sites for hydroxylation is 1. The number of rotatable bonds is 4. The Labute approximate surface area is 120 Å². The van der Waals surface area contributed by atoms with Gasteiger partial charge in [-0.15, -0.1) is 0 Å². The molecule has 0 saturated carbocycles. The summed E-state index contributed by atoms with van der Waals surface area (Å²) in [6.45, 7) is 6.02. The van der Waals surface area contributed by atoms with Gasteiger partial charge in [-0.3, -0.25) is 4.79 Å². The SMILES string of the molecule is Cc1cccc(-c2ccccc2)c1CC(=O)NC(C)C. The van der Waals surface area contributed by atoms with Gasteiger partial charge in [0.1, 0.15) is 0 Å². The van der Waals surface area contributed by atoms with Gasteiger partial charge >= 0.3 is 0 Å². The van der Waals surface area contributed by atoms with E-state index in [-0.39, 0.29) is 11.9 Å². The second kappa shape index (κ2) is 6.38. The van der Waals surface area contributed by atoms with Crippen molar-refractivity contribution in [3.8, 4) is 11.1 Å². The highest BCUT2D eigenvalue weighted by Crippen LogP contribution is 2.26. The van der Waals surface area contributed by atoms with Crippen molar-refractivity contribution < 1.29 is 4.79 Å². The highest BCUT2D eigenvalue weighted by atomic mass is 16.1. The Morgan fingerprint density at radius 3 is 2.40 bits per heavy atom. The zero-order valence-electron chi connectivity index (χ0n) is 12.3. The summed E-state index contributed by atoms with van der Waals surface area (Å²) in [6, 6.07) is 16.6. The lowest BCUT2D eigenvalue weighted by Gasteiger charge is -2.14. The van der Waals surface area contributed by atoms with Gasteiger partial charge in [-0.2, -0.15) is 0 Å². The van der Waals surface area contributed by atoms with Gasteiger partial charge in [-0.05, 0) is 43.0 Å². The van der Waals surface area contributed by atoms with Crippen molar-refractivity contribution in [3.05, 3.63) is 59.7 Å². The normalized spacial score (nSPS) is 10.6. The molecule has 2 aromatic carbocycles. The summed E-state index contributed by atoms with van der Waals surface area (Å²) in [5, 5.41) is 2.96. The minimum absolute atomic E-state index is 0.0754. The summed E-state index contributed by atoms with van der Waals surface area (Å²) in [5.74, 6) is 0.0754. The predicted molar refractivity (Wildman–Crippen MR) is 83.6 cm³/mol. The summed E-state index contributed by atoms with van der Waals surface area (Å²) in [6.07, 6.45) is 0.426. The number of amides is 1. The topological polar surface area (TPSA) is 29.1 Å². The fourth-order valence-corrected chi connectivity index (χ4v) is 2.36. The molecular weight excluding hydrogens is 246 g/mol. The van der Waals surface area contributed by atoms with Crippen molar-refractivity contribution in [3.63, 3.8) is 0 Å². The number of carbonyl (C=O) groups excluding carboxylic acids is 1. The molecule has 1 N–H and O–H groups in total. The number of hydrogen-bond donors (Lipinski definition) is 1. The Morgan fingerprint density at radius 2 is 1.75 bits per heavy atom. The van der Waals surface area contributed by atoms with E-state index in [1.807, 2.05) is 38.1 Å². The molecule has 0 aliphatic heterocycles. The molecule has 2 aromatic rings. The monoisotopic (exact) mass is 267 g/mol. The first-order valence-corrected chi connectivity index (χ1v) is 7.01. The van der Waals surface area contributed by atoms with E-state index in [9.17, 15) is 4.79 Å². The van der Waals surface area contributed by atoms with Gasteiger partial charge in [0, 0.05) is 6.04 Å². The van der Waals surface area contributed by atoms with Gasteiger partial charge in [-0.25, -0.2) is 0 Å². The Kier molecular flexibility index (Phi) is 4.57. The Hall–Kier alpha value is -2.09. The summed E-state index contributed by atoms with van der Waals surface area (Å²) in [5.41, 5.74) is 4.56. The van der Waals surface area contributed by atoms with E-state index in [1.54, 1.807) is 0 Å². The van der Waals surface area contributed by atoms with Crippen molar-refractivity contribution in [2.24, 2.45) is 0 Å². The van der Waals surface area contributed by atoms with E-state index in [2.05, 4.69) is 36.5 Å². The summed E-state index contributed by atoms with van der Waals surface area (Å²) in [4.78, 5) is 12.0. The zero-order chi connectivity index (χ0) is 14.5. The molecule has 0 unspecified atom stereocenters. The van der Waals surface area contributed by atoms with Crippen molar-refractivity contribution in [2.75, 3.05) is 0 Å². The first kappa shape index (κ1) is 14.3. The van der Waals surface area contributed by atoms with E-state index < -0.39 is 0 Å². The average Bonchev–Trinajstić information content (AvgIpc) is 2.41. The molecule has 1 amide bonds. The van der Waals surface area contributed by atoms with E-state index in [0.717, 1.165) is 22.3 Å². The molecule has 0 aliphatic rings. The van der Waals surface area contributed by atoms with Crippen molar-refractivity contribution >= 4 is 5.91 Å². The van der Waals surface area contributed by atoms with Crippen LogP contribution in [0.15, 0.2) is 48.5 Å². The molecule has 0 aromatic heterocycles. The third kappa shape index (κ3) is 3.47. The van der Waals surface area contributed by atoms with Crippen LogP contribution in [0.1, 0.15) is 25.0 Å². The van der Waals surface area contributed by atoms with Crippen LogP contribution in [-0.2, 0) is 11.2 Å². The van der Waals surface area contributed by atoms with Gasteiger partial charge in [0.2, 0.25) is 5.91 Å². The van der Waals surface area contributed by atoms with Crippen LogP contribution in [0.5, 0.6) is 0 Å². The van der Waals surface area contributed by atoms with Crippen LogP contribution >= 0.6 is 0 Å². The Morgan fingerprint density at radius 1 is 1.05 bits per heavy atom. The van der Waals surface area contributed by atoms with Crippen molar-refractivity contribution in [2.45, 2.75) is 33.2 Å². The predicted octanol–water partition coefficient (Wildman–Crippen LogP) is 3.73. The van der Waals surface area contributed by atoms with Crippen LogP contribution in [0.25, 0.3) is 11.1 Å². The highest BCUT2D eigenvalue weighted by molar-refractivity contribution is 5.82. The van der Waals surface area contributed by atoms with Gasteiger partial charge in [-0.1, -0.05) is 48.5 Å².